The first-order valence-electron chi connectivity index (χ1n) is 5.10. The van der Waals surface area contributed by atoms with E-state index in [-0.39, 0.29) is 11.9 Å². The highest BCUT2D eigenvalue weighted by molar-refractivity contribution is 5.78. The van der Waals surface area contributed by atoms with E-state index >= 15 is 0 Å². The fourth-order valence-electron chi connectivity index (χ4n) is 1.14. The van der Waals surface area contributed by atoms with Gasteiger partial charge in [-0.05, 0) is 13.8 Å². The lowest BCUT2D eigenvalue weighted by Gasteiger charge is -2.24. The molecule has 4 heteroatoms. The maximum atomic E-state index is 11.4. The van der Waals surface area contributed by atoms with Crippen molar-refractivity contribution in [2.24, 2.45) is 0 Å². The number of carbonyl (C=O) groups is 1. The minimum Gasteiger partial charge on any atom is -0.352 e. The number of nitrogens with zero attached hydrogens (tertiary/aromatic N) is 2. The first-order chi connectivity index (χ1) is 7.11. The molecule has 0 aromatic heterocycles. The van der Waals surface area contributed by atoms with Gasteiger partial charge in [-0.3, -0.25) is 9.69 Å². The van der Waals surface area contributed by atoms with Gasteiger partial charge in [0.25, 0.3) is 0 Å². The number of nitrogens with one attached hydrogen (secondary N) is 1. The van der Waals surface area contributed by atoms with Gasteiger partial charge in [-0.2, -0.15) is 5.26 Å². The lowest BCUT2D eigenvalue weighted by atomic mass is 10.3. The molecule has 0 radical (unpaired) electrons. The van der Waals surface area contributed by atoms with Crippen LogP contribution in [-0.4, -0.2) is 36.5 Å². The van der Waals surface area contributed by atoms with Crippen molar-refractivity contribution in [2.75, 3.05) is 19.6 Å². The summed E-state index contributed by atoms with van der Waals surface area (Å²) in [7, 11) is 0. The maximum absolute atomic E-state index is 11.4. The summed E-state index contributed by atoms with van der Waals surface area (Å²) in [5.74, 6) is -0.0264. The first-order valence-corrected chi connectivity index (χ1v) is 5.10. The summed E-state index contributed by atoms with van der Waals surface area (Å²) in [5.41, 5.74) is 0. The van der Waals surface area contributed by atoms with Gasteiger partial charge in [-0.25, -0.2) is 0 Å². The summed E-state index contributed by atoms with van der Waals surface area (Å²) in [4.78, 5) is 13.4. The Labute approximate surface area is 91.6 Å². The van der Waals surface area contributed by atoms with E-state index in [0.717, 1.165) is 0 Å². The molecule has 0 bridgehead atoms. The average Bonchev–Trinajstić information content (AvgIpc) is 2.20. The molecule has 1 N–H and O–H groups in total. The van der Waals surface area contributed by atoms with Crippen LogP contribution in [0.4, 0.5) is 0 Å². The zero-order chi connectivity index (χ0) is 11.7. The number of carbonyl (C=O) groups excluding carboxylic acids is 1. The number of rotatable bonds is 7. The summed E-state index contributed by atoms with van der Waals surface area (Å²) in [6, 6.07) is 2.35. The van der Waals surface area contributed by atoms with Crippen molar-refractivity contribution in [3.05, 3.63) is 12.7 Å². The second-order valence-corrected chi connectivity index (χ2v) is 3.57. The van der Waals surface area contributed by atoms with E-state index in [1.165, 1.54) is 0 Å². The lowest BCUT2D eigenvalue weighted by molar-refractivity contribution is -0.122. The highest BCUT2D eigenvalue weighted by Crippen LogP contribution is 1.98. The van der Waals surface area contributed by atoms with Crippen LogP contribution in [0.3, 0.4) is 0 Å². The Morgan fingerprint density at radius 3 is 2.80 bits per heavy atom. The molecule has 84 valence electrons. The molecule has 0 aromatic carbocycles. The standard InChI is InChI=1S/C11H19N3O/c1-4-7-13-11(15)9-14(10(2)3)8-5-6-12/h4,10H,1,5,7-9H2,2-3H3,(H,13,15). The van der Waals surface area contributed by atoms with Crippen LogP contribution in [0.5, 0.6) is 0 Å². The fourth-order valence-corrected chi connectivity index (χ4v) is 1.14. The number of hydrogen-bond donors (Lipinski definition) is 1. The zero-order valence-corrected chi connectivity index (χ0v) is 9.49. The summed E-state index contributed by atoms with van der Waals surface area (Å²) < 4.78 is 0. The van der Waals surface area contributed by atoms with E-state index in [9.17, 15) is 4.79 Å². The molecule has 15 heavy (non-hydrogen) atoms. The SMILES string of the molecule is C=CCNC(=O)CN(CCC#N)C(C)C. The van der Waals surface area contributed by atoms with Crippen LogP contribution in [-0.2, 0) is 4.79 Å². The molecule has 1 amide bonds. The minimum atomic E-state index is -0.0264. The second-order valence-electron chi connectivity index (χ2n) is 3.57. The lowest BCUT2D eigenvalue weighted by Crippen LogP contribution is -2.41. The van der Waals surface area contributed by atoms with E-state index < -0.39 is 0 Å². The zero-order valence-electron chi connectivity index (χ0n) is 9.49. The maximum Gasteiger partial charge on any atom is 0.234 e. The molecule has 0 aromatic rings. The van der Waals surface area contributed by atoms with E-state index in [2.05, 4.69) is 18.0 Å². The van der Waals surface area contributed by atoms with Crippen molar-refractivity contribution in [3.63, 3.8) is 0 Å². The number of nitriles is 1. The van der Waals surface area contributed by atoms with E-state index in [1.54, 1.807) is 6.08 Å². The summed E-state index contributed by atoms with van der Waals surface area (Å²) in [5, 5.41) is 11.2. The van der Waals surface area contributed by atoms with Crippen LogP contribution in [0.15, 0.2) is 12.7 Å². The van der Waals surface area contributed by atoms with Crippen LogP contribution in [0.25, 0.3) is 0 Å². The summed E-state index contributed by atoms with van der Waals surface area (Å²) in [6.45, 7) is 9.01. The Morgan fingerprint density at radius 2 is 2.33 bits per heavy atom. The third-order valence-electron chi connectivity index (χ3n) is 2.03. The van der Waals surface area contributed by atoms with Gasteiger partial charge in [-0.15, -0.1) is 6.58 Å². The van der Waals surface area contributed by atoms with E-state index in [1.807, 2.05) is 18.7 Å². The Bertz CT molecular complexity index is 243. The van der Waals surface area contributed by atoms with Crippen LogP contribution < -0.4 is 5.32 Å². The second kappa shape index (κ2) is 8.01. The third kappa shape index (κ3) is 6.69. The Kier molecular flexibility index (Phi) is 7.29. The van der Waals surface area contributed by atoms with Gasteiger partial charge >= 0.3 is 0 Å². The Morgan fingerprint density at radius 1 is 1.67 bits per heavy atom. The van der Waals surface area contributed by atoms with Crippen LogP contribution >= 0.6 is 0 Å². The number of amides is 1. The smallest absolute Gasteiger partial charge is 0.234 e. The molecule has 0 fully saturated rings. The molecule has 0 heterocycles. The normalized spacial score (nSPS) is 10.1. The van der Waals surface area contributed by atoms with Crippen molar-refractivity contribution >= 4 is 5.91 Å². The monoisotopic (exact) mass is 209 g/mol. The summed E-state index contributed by atoms with van der Waals surface area (Å²) in [6.07, 6.45) is 2.10. The quantitative estimate of drug-likeness (QED) is 0.634. The van der Waals surface area contributed by atoms with Gasteiger partial charge in [0.1, 0.15) is 0 Å². The van der Waals surface area contributed by atoms with Gasteiger partial charge in [0.2, 0.25) is 5.91 Å². The highest BCUT2D eigenvalue weighted by Gasteiger charge is 2.12. The molecule has 0 aliphatic heterocycles. The molecular weight excluding hydrogens is 190 g/mol. The molecule has 0 saturated carbocycles. The molecule has 4 nitrogen and oxygen atoms in total. The predicted octanol–water partition coefficient (Wildman–Crippen LogP) is 0.913. The van der Waals surface area contributed by atoms with Crippen molar-refractivity contribution in [3.8, 4) is 6.07 Å². The molecule has 0 aliphatic rings. The average molecular weight is 209 g/mol. The summed E-state index contributed by atoms with van der Waals surface area (Å²) >= 11 is 0. The van der Waals surface area contributed by atoms with Crippen molar-refractivity contribution in [1.29, 1.82) is 5.26 Å². The molecule has 0 saturated heterocycles. The van der Waals surface area contributed by atoms with Gasteiger partial charge in [0, 0.05) is 25.6 Å². The van der Waals surface area contributed by atoms with E-state index in [4.69, 9.17) is 5.26 Å². The molecule has 0 atom stereocenters. The van der Waals surface area contributed by atoms with Crippen LogP contribution in [0.1, 0.15) is 20.3 Å². The van der Waals surface area contributed by atoms with E-state index in [0.29, 0.717) is 26.1 Å². The fraction of sp³-hybridized carbons (Fsp3) is 0.636. The van der Waals surface area contributed by atoms with Gasteiger partial charge < -0.3 is 5.32 Å². The molecule has 0 spiro atoms. The molecular formula is C11H19N3O. The molecule has 0 unspecified atom stereocenters. The Hall–Kier alpha value is -1.34. The van der Waals surface area contributed by atoms with Crippen molar-refractivity contribution < 1.29 is 4.79 Å². The first kappa shape index (κ1) is 13.7. The predicted molar refractivity (Wildman–Crippen MR) is 60.1 cm³/mol. The van der Waals surface area contributed by atoms with Crippen LogP contribution in [0, 0.1) is 11.3 Å². The highest BCUT2D eigenvalue weighted by atomic mass is 16.2. The third-order valence-corrected chi connectivity index (χ3v) is 2.03. The topological polar surface area (TPSA) is 56.1 Å². The molecule has 0 aliphatic carbocycles. The van der Waals surface area contributed by atoms with Crippen molar-refractivity contribution in [1.82, 2.24) is 10.2 Å². The van der Waals surface area contributed by atoms with Crippen molar-refractivity contribution in [2.45, 2.75) is 26.3 Å². The molecule has 0 rings (SSSR count). The van der Waals surface area contributed by atoms with Gasteiger partial charge in [-0.1, -0.05) is 6.08 Å². The van der Waals surface area contributed by atoms with Crippen LogP contribution in [0.2, 0.25) is 0 Å². The van der Waals surface area contributed by atoms with Gasteiger partial charge in [0.05, 0.1) is 12.6 Å². The van der Waals surface area contributed by atoms with Gasteiger partial charge in [0.15, 0.2) is 0 Å². The Balaban J connectivity index is 3.99. The number of hydrogen-bond acceptors (Lipinski definition) is 3. The largest absolute Gasteiger partial charge is 0.352 e. The minimum absolute atomic E-state index is 0.0264.